The number of rotatable bonds is 5. The lowest BCUT2D eigenvalue weighted by molar-refractivity contribution is -0.125. The molecule has 154 valence electrons. The van der Waals surface area contributed by atoms with Gasteiger partial charge >= 0.3 is 6.03 Å². The van der Waals surface area contributed by atoms with Crippen molar-refractivity contribution in [1.82, 2.24) is 20.4 Å². The summed E-state index contributed by atoms with van der Waals surface area (Å²) in [6, 6.07) is 20.3. The zero-order chi connectivity index (χ0) is 20.9. The first-order chi connectivity index (χ1) is 14.6. The highest BCUT2D eigenvalue weighted by atomic mass is 16.2. The zero-order valence-electron chi connectivity index (χ0n) is 16.6. The smallest absolute Gasteiger partial charge is 0.322 e. The number of amides is 3. The van der Waals surface area contributed by atoms with Crippen molar-refractivity contribution in [3.05, 3.63) is 66.7 Å². The summed E-state index contributed by atoms with van der Waals surface area (Å²) in [4.78, 5) is 24.8. The van der Waals surface area contributed by atoms with E-state index in [0.29, 0.717) is 23.6 Å². The van der Waals surface area contributed by atoms with Gasteiger partial charge < -0.3 is 10.6 Å². The number of aromatic nitrogens is 2. The molecule has 0 radical (unpaired) electrons. The van der Waals surface area contributed by atoms with E-state index in [1.54, 1.807) is 22.9 Å². The van der Waals surface area contributed by atoms with Crippen LogP contribution >= 0.6 is 0 Å². The van der Waals surface area contributed by atoms with E-state index in [9.17, 15) is 9.59 Å². The minimum absolute atomic E-state index is 0.0409. The minimum Gasteiger partial charge on any atom is -0.322 e. The molecule has 3 amide bonds. The molecule has 2 aromatic carbocycles. The van der Waals surface area contributed by atoms with Gasteiger partial charge in [0, 0.05) is 29.8 Å². The zero-order valence-corrected chi connectivity index (χ0v) is 16.6. The predicted molar refractivity (Wildman–Crippen MR) is 116 cm³/mol. The molecule has 2 heterocycles. The van der Waals surface area contributed by atoms with Gasteiger partial charge in [-0.2, -0.15) is 5.10 Å². The Morgan fingerprint density at radius 1 is 1.10 bits per heavy atom. The third-order valence-corrected chi connectivity index (χ3v) is 4.94. The molecule has 1 saturated heterocycles. The van der Waals surface area contributed by atoms with Crippen molar-refractivity contribution in [2.75, 3.05) is 10.6 Å². The average molecular weight is 404 g/mol. The number of hydrogen-bond donors (Lipinski definition) is 4. The quantitative estimate of drug-likeness (QED) is 0.523. The normalized spacial score (nSPS) is 18.5. The van der Waals surface area contributed by atoms with Crippen molar-refractivity contribution in [3.63, 3.8) is 0 Å². The van der Waals surface area contributed by atoms with Gasteiger partial charge in [-0.25, -0.2) is 9.48 Å². The van der Waals surface area contributed by atoms with Crippen molar-refractivity contribution in [1.29, 1.82) is 0 Å². The second-order valence-electron chi connectivity index (χ2n) is 7.12. The Bertz CT molecular complexity index is 1020. The molecule has 0 spiro atoms. The molecule has 1 aliphatic rings. The molecular formula is C22H24N6O2. The summed E-state index contributed by atoms with van der Waals surface area (Å²) in [6.45, 7) is 2.03. The Labute approximate surface area is 174 Å². The van der Waals surface area contributed by atoms with Crippen LogP contribution in [0.2, 0.25) is 0 Å². The van der Waals surface area contributed by atoms with Gasteiger partial charge in [0.1, 0.15) is 5.82 Å². The first-order valence-electron chi connectivity index (χ1n) is 9.96. The SMILES string of the molecule is CCC1CC(=O)NC(n2nc(-c3ccccc3)cc2NC(=O)Nc2ccccc2)N1. The van der Waals surface area contributed by atoms with Crippen molar-refractivity contribution in [2.45, 2.75) is 32.1 Å². The molecule has 1 aromatic heterocycles. The lowest BCUT2D eigenvalue weighted by Crippen LogP contribution is -2.53. The Balaban J connectivity index is 1.63. The van der Waals surface area contributed by atoms with Crippen LogP contribution in [-0.2, 0) is 4.79 Å². The molecular weight excluding hydrogens is 380 g/mol. The first-order valence-corrected chi connectivity index (χ1v) is 9.96. The summed E-state index contributed by atoms with van der Waals surface area (Å²) in [5.41, 5.74) is 2.29. The summed E-state index contributed by atoms with van der Waals surface area (Å²) >= 11 is 0. The van der Waals surface area contributed by atoms with Crippen LogP contribution in [0.3, 0.4) is 0 Å². The van der Waals surface area contributed by atoms with Crippen LogP contribution in [-0.4, -0.2) is 27.8 Å². The molecule has 2 unspecified atom stereocenters. The largest absolute Gasteiger partial charge is 0.324 e. The van der Waals surface area contributed by atoms with Gasteiger partial charge in [-0.05, 0) is 18.6 Å². The van der Waals surface area contributed by atoms with Gasteiger partial charge in [0.05, 0.1) is 5.69 Å². The van der Waals surface area contributed by atoms with Gasteiger partial charge in [0.15, 0.2) is 6.29 Å². The number of anilines is 2. The number of nitrogens with one attached hydrogen (secondary N) is 4. The first kappa shape index (κ1) is 19.7. The molecule has 8 heteroatoms. The fraction of sp³-hybridized carbons (Fsp3) is 0.227. The van der Waals surface area contributed by atoms with E-state index >= 15 is 0 Å². The second kappa shape index (κ2) is 8.79. The number of carbonyl (C=O) groups is 2. The molecule has 8 nitrogen and oxygen atoms in total. The molecule has 2 atom stereocenters. The monoisotopic (exact) mass is 404 g/mol. The maximum Gasteiger partial charge on any atom is 0.324 e. The molecule has 1 fully saturated rings. The van der Waals surface area contributed by atoms with Gasteiger partial charge in [-0.15, -0.1) is 0 Å². The standard InChI is InChI=1S/C22H24N6O2/c1-2-16-13-20(29)26-21(23-16)28-19(14-18(27-28)15-9-5-3-6-10-15)25-22(30)24-17-11-7-4-8-12-17/h3-12,14,16,21,23H,2,13H2,1H3,(H,26,29)(H2,24,25,30). The van der Waals surface area contributed by atoms with E-state index in [-0.39, 0.29) is 11.9 Å². The fourth-order valence-electron chi connectivity index (χ4n) is 3.39. The van der Waals surface area contributed by atoms with E-state index in [2.05, 4.69) is 26.4 Å². The third kappa shape index (κ3) is 4.49. The highest BCUT2D eigenvalue weighted by Crippen LogP contribution is 2.25. The highest BCUT2D eigenvalue weighted by molar-refractivity contribution is 5.99. The van der Waals surface area contributed by atoms with Gasteiger partial charge in [-0.1, -0.05) is 55.5 Å². The Morgan fingerprint density at radius 2 is 1.80 bits per heavy atom. The second-order valence-corrected chi connectivity index (χ2v) is 7.12. The minimum atomic E-state index is -0.555. The van der Waals surface area contributed by atoms with E-state index in [1.165, 1.54) is 0 Å². The third-order valence-electron chi connectivity index (χ3n) is 4.94. The van der Waals surface area contributed by atoms with E-state index in [0.717, 1.165) is 12.0 Å². The van der Waals surface area contributed by atoms with Crippen LogP contribution in [0.5, 0.6) is 0 Å². The van der Waals surface area contributed by atoms with Crippen LogP contribution in [0.25, 0.3) is 11.3 Å². The number of nitrogens with zero attached hydrogens (tertiary/aromatic N) is 2. The molecule has 4 rings (SSSR count). The summed E-state index contributed by atoms with van der Waals surface area (Å²) in [5.74, 6) is 0.416. The average Bonchev–Trinajstić information content (AvgIpc) is 3.18. The summed E-state index contributed by atoms with van der Waals surface area (Å²) in [7, 11) is 0. The Morgan fingerprint density at radius 3 is 2.50 bits per heavy atom. The molecule has 30 heavy (non-hydrogen) atoms. The molecule has 0 saturated carbocycles. The van der Waals surface area contributed by atoms with Crippen molar-refractivity contribution in [3.8, 4) is 11.3 Å². The molecule has 4 N–H and O–H groups in total. The molecule has 1 aliphatic heterocycles. The van der Waals surface area contributed by atoms with E-state index < -0.39 is 12.3 Å². The fourth-order valence-corrected chi connectivity index (χ4v) is 3.39. The van der Waals surface area contributed by atoms with E-state index in [1.807, 2.05) is 55.5 Å². The maximum atomic E-state index is 12.6. The lowest BCUT2D eigenvalue weighted by atomic mass is 10.1. The Kier molecular flexibility index (Phi) is 5.76. The van der Waals surface area contributed by atoms with Crippen molar-refractivity contribution >= 4 is 23.4 Å². The number of urea groups is 1. The Hall–Kier alpha value is -3.65. The van der Waals surface area contributed by atoms with Crippen LogP contribution in [0.15, 0.2) is 66.7 Å². The van der Waals surface area contributed by atoms with Crippen LogP contribution in [0, 0.1) is 0 Å². The number of para-hydroxylation sites is 1. The van der Waals surface area contributed by atoms with E-state index in [4.69, 9.17) is 0 Å². The van der Waals surface area contributed by atoms with Gasteiger partial charge in [0.2, 0.25) is 5.91 Å². The predicted octanol–water partition coefficient (Wildman–Crippen LogP) is 3.54. The maximum absolute atomic E-state index is 12.6. The van der Waals surface area contributed by atoms with Crippen LogP contribution in [0.4, 0.5) is 16.3 Å². The summed E-state index contributed by atoms with van der Waals surface area (Å²) in [5, 5.41) is 16.6. The summed E-state index contributed by atoms with van der Waals surface area (Å²) in [6.07, 6.45) is 0.672. The van der Waals surface area contributed by atoms with Crippen molar-refractivity contribution in [2.24, 2.45) is 0 Å². The number of benzene rings is 2. The molecule has 3 aromatic rings. The highest BCUT2D eigenvalue weighted by Gasteiger charge is 2.28. The number of hydrogen-bond acceptors (Lipinski definition) is 4. The van der Waals surface area contributed by atoms with Gasteiger partial charge in [0.25, 0.3) is 0 Å². The summed E-state index contributed by atoms with van der Waals surface area (Å²) < 4.78 is 1.60. The topological polar surface area (TPSA) is 100 Å². The lowest BCUT2D eigenvalue weighted by Gasteiger charge is -2.31. The van der Waals surface area contributed by atoms with Crippen LogP contribution in [0.1, 0.15) is 26.1 Å². The van der Waals surface area contributed by atoms with Crippen LogP contribution < -0.4 is 21.3 Å². The molecule has 0 bridgehead atoms. The van der Waals surface area contributed by atoms with Gasteiger partial charge in [-0.3, -0.25) is 15.4 Å². The number of carbonyl (C=O) groups excluding carboxylic acids is 2. The van der Waals surface area contributed by atoms with Crippen molar-refractivity contribution < 1.29 is 9.59 Å². The molecule has 0 aliphatic carbocycles.